The Morgan fingerprint density at radius 2 is 1.54 bits per heavy atom. The zero-order valence-corrected chi connectivity index (χ0v) is 39.6. The van der Waals surface area contributed by atoms with Crippen LogP contribution in [0.1, 0.15) is 92.7 Å². The molecule has 2 saturated heterocycles. The number of cyclic esters (lactones) is 1. The summed E-state index contributed by atoms with van der Waals surface area (Å²) in [6, 6.07) is 16.0. The number of alkyl carbamates (subject to hydrolysis) is 2. The number of aliphatic hydroxyl groups excluding tert-OH is 1. The van der Waals surface area contributed by atoms with Crippen molar-refractivity contribution in [3.05, 3.63) is 70.7 Å². The van der Waals surface area contributed by atoms with Gasteiger partial charge in [0, 0.05) is 50.1 Å². The van der Waals surface area contributed by atoms with Gasteiger partial charge in [-0.05, 0) is 91.0 Å². The minimum atomic E-state index is -1.92. The Morgan fingerprint density at radius 3 is 2.17 bits per heavy atom. The summed E-state index contributed by atoms with van der Waals surface area (Å²) in [4.78, 5) is 43.6. The second kappa shape index (κ2) is 22.6. The van der Waals surface area contributed by atoms with Gasteiger partial charge in [0.15, 0.2) is 12.4 Å². The van der Waals surface area contributed by atoms with E-state index in [0.717, 1.165) is 11.1 Å². The molecule has 16 heteroatoms. The first-order valence-corrected chi connectivity index (χ1v) is 22.5. The van der Waals surface area contributed by atoms with Gasteiger partial charge in [-0.3, -0.25) is 9.69 Å². The van der Waals surface area contributed by atoms with Gasteiger partial charge in [-0.1, -0.05) is 80.9 Å². The van der Waals surface area contributed by atoms with E-state index in [1.54, 1.807) is 54.5 Å². The fourth-order valence-electron chi connectivity index (χ4n) is 9.19. The molecule has 0 unspecified atom stereocenters. The molecule has 2 heterocycles. The molecule has 0 radical (unpaired) electrons. The molecule has 2 fully saturated rings. The standard InChI is InChI=1S/C47H72ClN3O12/c1-12-36-47(9,57)41(63-43(54)49-23-22-34-20-16-17-21-35(34)48)31(5)51(10)27-28(2)24-45(7,56)40(62-44(55)50-26-33-18-14-13-15-19-33)29(3)38(30(4)42(53)60-36)61-37-25-46(8,58-11)39(52)32(6)59-37/h13-21,28-32,36-41,52,56-57H,12,22-27H2,1-11H3,(H,49,54)(H,50,55)/t28-,29+,30-,31-,32+,36-,37+,38+,39+,40-,41-,45-,46-,47-/m1/s1. The van der Waals surface area contributed by atoms with E-state index in [9.17, 15) is 29.7 Å². The lowest BCUT2D eigenvalue weighted by molar-refractivity contribution is -0.299. The van der Waals surface area contributed by atoms with Crippen LogP contribution < -0.4 is 10.6 Å². The van der Waals surface area contributed by atoms with E-state index in [1.807, 2.05) is 67.4 Å². The normalized spacial score (nSPS) is 36.2. The van der Waals surface area contributed by atoms with E-state index >= 15 is 0 Å². The number of benzene rings is 2. The topological polar surface area (TPSA) is 195 Å². The number of carbonyl (C=O) groups is 3. The molecule has 5 N–H and O–H groups in total. The molecule has 2 aliphatic heterocycles. The fourth-order valence-corrected chi connectivity index (χ4v) is 9.42. The molecule has 15 nitrogen and oxygen atoms in total. The molecule has 14 atom stereocenters. The van der Waals surface area contributed by atoms with E-state index in [1.165, 1.54) is 14.0 Å². The summed E-state index contributed by atoms with van der Waals surface area (Å²) in [6.45, 7) is 16.0. The number of aliphatic hydroxyl groups is 3. The van der Waals surface area contributed by atoms with Crippen LogP contribution in [-0.4, -0.2) is 131 Å². The number of hydrogen-bond acceptors (Lipinski definition) is 13. The van der Waals surface area contributed by atoms with Crippen LogP contribution in [0, 0.1) is 17.8 Å². The highest BCUT2D eigenvalue weighted by Gasteiger charge is 2.52. The Hall–Kier alpha value is -3.54. The van der Waals surface area contributed by atoms with Crippen LogP contribution in [0.4, 0.5) is 9.59 Å². The molecule has 354 valence electrons. The number of nitrogens with zero attached hydrogens (tertiary/aromatic N) is 1. The van der Waals surface area contributed by atoms with Crippen molar-refractivity contribution in [3.63, 3.8) is 0 Å². The predicted octanol–water partition coefficient (Wildman–Crippen LogP) is 6.01. The molecule has 2 aromatic carbocycles. The molecule has 0 aromatic heterocycles. The molecular weight excluding hydrogens is 834 g/mol. The van der Waals surface area contributed by atoms with Gasteiger partial charge in [0.1, 0.15) is 23.9 Å². The Morgan fingerprint density at radius 1 is 0.921 bits per heavy atom. The van der Waals surface area contributed by atoms with Crippen LogP contribution in [0.2, 0.25) is 5.02 Å². The fraction of sp³-hybridized carbons (Fsp3) is 0.681. The molecule has 0 saturated carbocycles. The minimum Gasteiger partial charge on any atom is -0.459 e. The Labute approximate surface area is 378 Å². The van der Waals surface area contributed by atoms with Gasteiger partial charge < -0.3 is 54.4 Å². The molecule has 0 spiro atoms. The number of ether oxygens (including phenoxy) is 6. The Bertz CT molecular complexity index is 1790. The quantitative estimate of drug-likeness (QED) is 0.130. The highest BCUT2D eigenvalue weighted by molar-refractivity contribution is 6.31. The van der Waals surface area contributed by atoms with E-state index < -0.39 is 95.8 Å². The summed E-state index contributed by atoms with van der Waals surface area (Å²) in [6.07, 6.45) is -8.31. The van der Waals surface area contributed by atoms with E-state index in [0.29, 0.717) is 18.0 Å². The van der Waals surface area contributed by atoms with Gasteiger partial charge in [-0.15, -0.1) is 0 Å². The second-order valence-corrected chi connectivity index (χ2v) is 18.8. The van der Waals surface area contributed by atoms with Crippen LogP contribution in [0.3, 0.4) is 0 Å². The van der Waals surface area contributed by atoms with Gasteiger partial charge >= 0.3 is 18.2 Å². The molecule has 0 aliphatic carbocycles. The number of likely N-dealkylation sites (N-methyl/N-ethyl adjacent to an activating group) is 1. The number of methoxy groups -OCH3 is 1. The van der Waals surface area contributed by atoms with Crippen molar-refractivity contribution in [3.8, 4) is 0 Å². The van der Waals surface area contributed by atoms with Crippen LogP contribution in [0.15, 0.2) is 54.6 Å². The third kappa shape index (κ3) is 13.5. The number of halogens is 1. The Kier molecular flexibility index (Phi) is 18.7. The Balaban J connectivity index is 1.73. The third-order valence-electron chi connectivity index (χ3n) is 13.0. The minimum absolute atomic E-state index is 0.0759. The summed E-state index contributed by atoms with van der Waals surface area (Å²) < 4.78 is 37.0. The largest absolute Gasteiger partial charge is 0.459 e. The van der Waals surface area contributed by atoms with Gasteiger partial charge in [-0.2, -0.15) is 0 Å². The summed E-state index contributed by atoms with van der Waals surface area (Å²) in [5.74, 6) is -3.03. The highest BCUT2D eigenvalue weighted by Crippen LogP contribution is 2.39. The maximum absolute atomic E-state index is 14.5. The lowest BCUT2D eigenvalue weighted by atomic mass is 9.78. The number of esters is 1. The molecule has 2 amide bonds. The second-order valence-electron chi connectivity index (χ2n) is 18.4. The monoisotopic (exact) mass is 905 g/mol. The molecule has 2 aliphatic rings. The van der Waals surface area contributed by atoms with Crippen LogP contribution in [0.25, 0.3) is 0 Å². The zero-order valence-electron chi connectivity index (χ0n) is 38.8. The van der Waals surface area contributed by atoms with Crippen molar-refractivity contribution in [2.45, 2.75) is 160 Å². The first-order valence-electron chi connectivity index (χ1n) is 22.1. The SMILES string of the molecule is CC[C@H]1OC(=O)[C@H](C)[C@@H](O[C@H]2C[C@@](C)(OC)[C@@H](O)[C@H](C)O2)[C@H](C)[C@@H](OC(=O)NCc2ccccc2)[C@](C)(O)C[C@@H](C)CN(C)[C@H](C)[C@@H](OC(=O)NCCc2ccccc2Cl)[C@]1(C)O. The van der Waals surface area contributed by atoms with Crippen molar-refractivity contribution in [2.24, 2.45) is 17.8 Å². The van der Waals surface area contributed by atoms with Crippen molar-refractivity contribution in [1.29, 1.82) is 0 Å². The van der Waals surface area contributed by atoms with Gasteiger partial charge in [-0.25, -0.2) is 9.59 Å². The predicted molar refractivity (Wildman–Crippen MR) is 238 cm³/mol. The van der Waals surface area contributed by atoms with Crippen LogP contribution in [-0.2, 0) is 46.2 Å². The summed E-state index contributed by atoms with van der Waals surface area (Å²) in [7, 11) is 3.30. The van der Waals surface area contributed by atoms with Gasteiger partial charge in [0.2, 0.25) is 0 Å². The van der Waals surface area contributed by atoms with Crippen LogP contribution >= 0.6 is 11.6 Å². The molecular formula is C47H72ClN3O12. The smallest absolute Gasteiger partial charge is 0.407 e. The van der Waals surface area contributed by atoms with Crippen LogP contribution in [0.5, 0.6) is 0 Å². The average Bonchev–Trinajstić information content (AvgIpc) is 3.23. The number of amides is 2. The number of hydrogen-bond donors (Lipinski definition) is 5. The third-order valence-corrected chi connectivity index (χ3v) is 13.3. The maximum Gasteiger partial charge on any atom is 0.407 e. The van der Waals surface area contributed by atoms with Crippen molar-refractivity contribution in [1.82, 2.24) is 15.5 Å². The number of nitrogens with one attached hydrogen (secondary N) is 2. The molecule has 2 aromatic rings. The average molecular weight is 907 g/mol. The molecule has 63 heavy (non-hydrogen) atoms. The van der Waals surface area contributed by atoms with E-state index in [2.05, 4.69) is 10.6 Å². The molecule has 4 rings (SSSR count). The number of carbonyl (C=O) groups excluding carboxylic acids is 3. The first kappa shape index (κ1) is 52.1. The van der Waals surface area contributed by atoms with Gasteiger partial charge in [0.25, 0.3) is 0 Å². The van der Waals surface area contributed by atoms with Gasteiger partial charge in [0.05, 0.1) is 29.3 Å². The van der Waals surface area contributed by atoms with Crippen molar-refractivity contribution in [2.75, 3.05) is 27.2 Å². The number of rotatable bonds is 11. The maximum atomic E-state index is 14.5. The zero-order chi connectivity index (χ0) is 46.9. The lowest BCUT2D eigenvalue weighted by Crippen LogP contribution is -2.61. The van der Waals surface area contributed by atoms with E-state index in [-0.39, 0.29) is 38.3 Å². The highest BCUT2D eigenvalue weighted by atomic mass is 35.5. The lowest BCUT2D eigenvalue weighted by Gasteiger charge is -2.47. The first-order chi connectivity index (χ1) is 29.5. The summed E-state index contributed by atoms with van der Waals surface area (Å²) in [5.41, 5.74) is -3.02. The van der Waals surface area contributed by atoms with Crippen molar-refractivity contribution >= 4 is 29.8 Å². The summed E-state index contributed by atoms with van der Waals surface area (Å²) >= 11 is 6.34. The van der Waals surface area contributed by atoms with E-state index in [4.69, 9.17) is 40.0 Å². The van der Waals surface area contributed by atoms with Crippen molar-refractivity contribution < 1.29 is 58.1 Å². The molecule has 0 bridgehead atoms. The summed E-state index contributed by atoms with van der Waals surface area (Å²) in [5, 5.41) is 42.1.